The van der Waals surface area contributed by atoms with Gasteiger partial charge < -0.3 is 30.5 Å². The first-order valence-corrected chi connectivity index (χ1v) is 16.4. The number of rotatable bonds is 13. The number of hydrogen-bond donors (Lipinski definition) is 4. The lowest BCUT2D eigenvalue weighted by Gasteiger charge is -2.31. The SMILES string of the molecule is C=C1CC[C@@H](CNCc2ncc(-c3cccc(-c4cccc(-c5cnc(CNC[C@H]6C[C@@H](O)C6)c(OC)n5)c4C)c3Cl)nc2OC)N1. The Balaban J connectivity index is 1.21. The van der Waals surface area contributed by atoms with Crippen molar-refractivity contribution in [1.82, 2.24) is 35.9 Å². The maximum Gasteiger partial charge on any atom is 0.237 e. The molecule has 10 nitrogen and oxygen atoms in total. The smallest absolute Gasteiger partial charge is 0.237 e. The van der Waals surface area contributed by atoms with Gasteiger partial charge in [0.1, 0.15) is 11.4 Å². The average Bonchev–Trinajstić information content (AvgIpc) is 3.49. The molecule has 11 heteroatoms. The minimum absolute atomic E-state index is 0.158. The lowest BCUT2D eigenvalue weighted by Crippen LogP contribution is -2.36. The summed E-state index contributed by atoms with van der Waals surface area (Å²) in [6, 6.07) is 12.4. The summed E-state index contributed by atoms with van der Waals surface area (Å²) in [5.41, 5.74) is 8.50. The van der Waals surface area contributed by atoms with Gasteiger partial charge in [0.05, 0.1) is 49.1 Å². The van der Waals surface area contributed by atoms with Gasteiger partial charge in [-0.15, -0.1) is 0 Å². The van der Waals surface area contributed by atoms with Gasteiger partial charge in [-0.3, -0.25) is 9.97 Å². The fourth-order valence-corrected chi connectivity index (χ4v) is 6.65. The molecule has 246 valence electrons. The van der Waals surface area contributed by atoms with E-state index in [1.54, 1.807) is 26.6 Å². The Morgan fingerprint density at radius 1 is 0.872 bits per heavy atom. The van der Waals surface area contributed by atoms with Crippen molar-refractivity contribution in [1.29, 1.82) is 0 Å². The number of ether oxygens (including phenoxy) is 2. The van der Waals surface area contributed by atoms with E-state index in [1.165, 1.54) is 0 Å². The Kier molecular flexibility index (Phi) is 10.3. The van der Waals surface area contributed by atoms with E-state index in [1.807, 2.05) is 30.3 Å². The Labute approximate surface area is 281 Å². The van der Waals surface area contributed by atoms with Gasteiger partial charge in [-0.1, -0.05) is 54.6 Å². The van der Waals surface area contributed by atoms with Crippen LogP contribution in [0.3, 0.4) is 0 Å². The molecule has 2 fully saturated rings. The summed E-state index contributed by atoms with van der Waals surface area (Å²) in [5, 5.41) is 20.4. The molecular weight excluding hydrogens is 614 g/mol. The second kappa shape index (κ2) is 14.8. The van der Waals surface area contributed by atoms with E-state index in [4.69, 9.17) is 41.0 Å². The van der Waals surface area contributed by atoms with Crippen molar-refractivity contribution in [3.05, 3.63) is 83.0 Å². The fourth-order valence-electron chi connectivity index (χ4n) is 6.33. The van der Waals surface area contributed by atoms with Crippen molar-refractivity contribution >= 4 is 11.6 Å². The lowest BCUT2D eigenvalue weighted by molar-refractivity contribution is 0.0429. The van der Waals surface area contributed by atoms with Crippen molar-refractivity contribution in [2.24, 2.45) is 5.92 Å². The van der Waals surface area contributed by atoms with Crippen molar-refractivity contribution in [3.63, 3.8) is 0 Å². The summed E-state index contributed by atoms with van der Waals surface area (Å²) in [4.78, 5) is 19.0. The predicted octanol–water partition coefficient (Wildman–Crippen LogP) is 5.46. The minimum Gasteiger partial charge on any atom is -0.480 e. The number of hydrogen-bond acceptors (Lipinski definition) is 10. The van der Waals surface area contributed by atoms with Crippen LogP contribution in [0.4, 0.5) is 0 Å². The van der Waals surface area contributed by atoms with Crippen LogP contribution >= 0.6 is 11.6 Å². The fraction of sp³-hybridized carbons (Fsp3) is 0.389. The molecule has 47 heavy (non-hydrogen) atoms. The highest BCUT2D eigenvalue weighted by molar-refractivity contribution is 6.36. The normalized spacial score (nSPS) is 18.9. The number of aliphatic hydroxyl groups excluding tert-OH is 1. The average molecular weight is 656 g/mol. The topological polar surface area (TPSA) is 126 Å². The van der Waals surface area contributed by atoms with E-state index in [-0.39, 0.29) is 6.10 Å². The molecule has 0 amide bonds. The Bertz CT molecular complexity index is 1740. The number of aromatic nitrogens is 4. The molecule has 1 aliphatic heterocycles. The van der Waals surface area contributed by atoms with Crippen molar-refractivity contribution in [3.8, 4) is 45.4 Å². The highest BCUT2D eigenvalue weighted by atomic mass is 35.5. The molecule has 4 aromatic rings. The van der Waals surface area contributed by atoms with Crippen LogP contribution in [0.2, 0.25) is 5.02 Å². The molecule has 0 unspecified atom stereocenters. The maximum absolute atomic E-state index is 9.54. The van der Waals surface area contributed by atoms with Crippen LogP contribution in [0.5, 0.6) is 11.8 Å². The second-order valence-electron chi connectivity index (χ2n) is 12.3. The van der Waals surface area contributed by atoms with E-state index in [9.17, 15) is 5.11 Å². The minimum atomic E-state index is -0.158. The Morgan fingerprint density at radius 3 is 2.04 bits per heavy atom. The van der Waals surface area contributed by atoms with Crippen LogP contribution in [-0.2, 0) is 13.1 Å². The summed E-state index contributed by atoms with van der Waals surface area (Å²) >= 11 is 7.11. The number of halogens is 1. The van der Waals surface area contributed by atoms with Crippen LogP contribution in [0.1, 0.15) is 42.6 Å². The first-order valence-electron chi connectivity index (χ1n) is 16.1. The highest BCUT2D eigenvalue weighted by Crippen LogP contribution is 2.40. The van der Waals surface area contributed by atoms with E-state index in [0.29, 0.717) is 53.2 Å². The van der Waals surface area contributed by atoms with Gasteiger partial charge in [0.25, 0.3) is 0 Å². The van der Waals surface area contributed by atoms with Crippen LogP contribution < -0.4 is 25.4 Å². The molecular formula is C36H42ClN7O3. The van der Waals surface area contributed by atoms with Gasteiger partial charge in [0.2, 0.25) is 11.8 Å². The van der Waals surface area contributed by atoms with Crippen molar-refractivity contribution in [2.45, 2.75) is 57.8 Å². The molecule has 3 heterocycles. The number of nitrogens with one attached hydrogen (secondary N) is 3. The van der Waals surface area contributed by atoms with Crippen molar-refractivity contribution < 1.29 is 14.6 Å². The maximum atomic E-state index is 9.54. The molecule has 2 aromatic heterocycles. The zero-order valence-electron chi connectivity index (χ0n) is 27.1. The van der Waals surface area contributed by atoms with Gasteiger partial charge in [0, 0.05) is 48.1 Å². The molecule has 1 saturated carbocycles. The van der Waals surface area contributed by atoms with Crippen LogP contribution in [0.25, 0.3) is 33.6 Å². The second-order valence-corrected chi connectivity index (χ2v) is 12.7. The molecule has 6 rings (SSSR count). The van der Waals surface area contributed by atoms with Crippen molar-refractivity contribution in [2.75, 3.05) is 27.3 Å². The summed E-state index contributed by atoms with van der Waals surface area (Å²) < 4.78 is 11.3. The molecule has 0 radical (unpaired) electrons. The molecule has 0 bridgehead atoms. The Hall–Kier alpha value is -4.09. The monoisotopic (exact) mass is 655 g/mol. The molecule has 1 aliphatic carbocycles. The summed E-state index contributed by atoms with van der Waals surface area (Å²) in [6.45, 7) is 8.80. The van der Waals surface area contributed by atoms with Gasteiger partial charge in [-0.05, 0) is 56.2 Å². The van der Waals surface area contributed by atoms with Gasteiger partial charge in [-0.25, -0.2) is 9.97 Å². The third kappa shape index (κ3) is 7.41. The summed E-state index contributed by atoms with van der Waals surface area (Å²) in [7, 11) is 3.22. The van der Waals surface area contributed by atoms with E-state index in [2.05, 4.69) is 35.5 Å². The molecule has 1 atom stereocenters. The first-order chi connectivity index (χ1) is 22.8. The third-order valence-electron chi connectivity index (χ3n) is 9.01. The van der Waals surface area contributed by atoms with Gasteiger partial charge in [0.15, 0.2) is 0 Å². The summed E-state index contributed by atoms with van der Waals surface area (Å²) in [6.07, 6.45) is 7.15. The van der Waals surface area contributed by atoms with E-state index in [0.717, 1.165) is 83.7 Å². The zero-order chi connectivity index (χ0) is 32.9. The first kappa shape index (κ1) is 32.8. The Morgan fingerprint density at radius 2 is 1.45 bits per heavy atom. The number of nitrogens with zero attached hydrogens (tertiary/aromatic N) is 4. The van der Waals surface area contributed by atoms with Gasteiger partial charge >= 0.3 is 0 Å². The van der Waals surface area contributed by atoms with Gasteiger partial charge in [-0.2, -0.15) is 0 Å². The zero-order valence-corrected chi connectivity index (χ0v) is 27.9. The van der Waals surface area contributed by atoms with Crippen LogP contribution in [-0.4, -0.2) is 64.5 Å². The molecule has 2 aromatic carbocycles. The van der Waals surface area contributed by atoms with Crippen LogP contribution in [0.15, 0.2) is 61.1 Å². The largest absolute Gasteiger partial charge is 0.480 e. The highest BCUT2D eigenvalue weighted by Gasteiger charge is 2.26. The summed E-state index contributed by atoms with van der Waals surface area (Å²) in [5.74, 6) is 1.45. The number of methoxy groups -OCH3 is 2. The number of aliphatic hydroxyl groups is 1. The molecule has 4 N–H and O–H groups in total. The van der Waals surface area contributed by atoms with Crippen LogP contribution in [0, 0.1) is 12.8 Å². The standard InChI is InChI=1S/C36H42ClN7O3/c1-21-11-12-24(42-21)16-39-18-33-36(47-4)44-31(20-41-33)29-10-6-9-28(34(29)37)26-7-5-8-27(22(26)2)30-19-40-32(35(43-30)46-3)17-38-15-23-13-25(45)14-23/h5-10,19-20,23-25,38-39,42,45H,1,11-18H2,2-4H3/t23-,24-,25+/m0/s1. The van der Waals surface area contributed by atoms with E-state index < -0.39 is 0 Å². The predicted molar refractivity (Wildman–Crippen MR) is 184 cm³/mol. The molecule has 2 aliphatic rings. The molecule has 1 saturated heterocycles. The lowest BCUT2D eigenvalue weighted by atomic mass is 9.82. The molecule has 0 spiro atoms. The quantitative estimate of drug-likeness (QED) is 0.147. The number of benzene rings is 2. The number of allylic oxidation sites excluding steroid dienone is 1. The third-order valence-corrected chi connectivity index (χ3v) is 9.41. The van der Waals surface area contributed by atoms with E-state index >= 15 is 0 Å².